The van der Waals surface area contributed by atoms with E-state index in [1.165, 1.54) is 16.3 Å². The topological polar surface area (TPSA) is 89.0 Å². The minimum atomic E-state index is -0.244. The van der Waals surface area contributed by atoms with Crippen molar-refractivity contribution in [1.82, 2.24) is 14.5 Å². The quantitative estimate of drug-likeness (QED) is 0.222. The molecule has 0 bridgehead atoms. The van der Waals surface area contributed by atoms with Crippen molar-refractivity contribution >= 4 is 56.1 Å². The van der Waals surface area contributed by atoms with Crippen molar-refractivity contribution in [2.24, 2.45) is 0 Å². The number of amides is 1. The SMILES string of the molecule is COc1cccc(-n2c(SCC(=O)Nc3cccc4ccccc34)nc3c([nH]c4ccccc43)c2=O)c1. The van der Waals surface area contributed by atoms with Gasteiger partial charge in [0.15, 0.2) is 5.16 Å². The predicted octanol–water partition coefficient (Wildman–Crippen LogP) is 5.76. The third-order valence-corrected chi connectivity index (χ3v) is 7.14. The number of nitrogens with zero attached hydrogens (tertiary/aromatic N) is 2. The largest absolute Gasteiger partial charge is 0.497 e. The van der Waals surface area contributed by atoms with Gasteiger partial charge in [-0.3, -0.25) is 14.2 Å². The number of fused-ring (bicyclic) bond motifs is 4. The van der Waals surface area contributed by atoms with Crippen LogP contribution in [0.15, 0.2) is 101 Å². The summed E-state index contributed by atoms with van der Waals surface area (Å²) >= 11 is 1.21. The number of rotatable bonds is 6. The van der Waals surface area contributed by atoms with Gasteiger partial charge in [0.25, 0.3) is 5.56 Å². The number of carbonyl (C=O) groups is 1. The van der Waals surface area contributed by atoms with Crippen LogP contribution in [0.25, 0.3) is 38.4 Å². The van der Waals surface area contributed by atoms with Crippen LogP contribution >= 0.6 is 11.8 Å². The zero-order valence-electron chi connectivity index (χ0n) is 19.9. The minimum absolute atomic E-state index is 0.0769. The molecule has 0 atom stereocenters. The van der Waals surface area contributed by atoms with Gasteiger partial charge >= 0.3 is 0 Å². The number of carbonyl (C=O) groups excluding carboxylic acids is 1. The number of ether oxygens (including phenoxy) is 1. The Kier molecular flexibility index (Phi) is 5.86. The molecule has 6 aromatic rings. The number of hydrogen-bond acceptors (Lipinski definition) is 5. The molecule has 0 unspecified atom stereocenters. The summed E-state index contributed by atoms with van der Waals surface area (Å²) < 4.78 is 6.90. The first kappa shape index (κ1) is 22.9. The van der Waals surface area contributed by atoms with Crippen LogP contribution in [-0.2, 0) is 4.79 Å². The molecule has 2 heterocycles. The lowest BCUT2D eigenvalue weighted by Gasteiger charge is -2.13. The Balaban J connectivity index is 1.40. The van der Waals surface area contributed by atoms with E-state index in [2.05, 4.69) is 10.3 Å². The number of nitrogens with one attached hydrogen (secondary N) is 2. The van der Waals surface area contributed by atoms with E-state index >= 15 is 0 Å². The highest BCUT2D eigenvalue weighted by Crippen LogP contribution is 2.28. The molecule has 2 aromatic heterocycles. The van der Waals surface area contributed by atoms with Crippen LogP contribution in [0.4, 0.5) is 5.69 Å². The summed E-state index contributed by atoms with van der Waals surface area (Å²) in [7, 11) is 1.58. The van der Waals surface area contributed by atoms with Gasteiger partial charge in [-0.15, -0.1) is 0 Å². The molecule has 0 spiro atoms. The number of aromatic amines is 1. The lowest BCUT2D eigenvalue weighted by atomic mass is 10.1. The van der Waals surface area contributed by atoms with Crippen molar-refractivity contribution in [3.63, 3.8) is 0 Å². The number of hydrogen-bond donors (Lipinski definition) is 2. The lowest BCUT2D eigenvalue weighted by Crippen LogP contribution is -2.23. The van der Waals surface area contributed by atoms with Crippen LogP contribution in [0.3, 0.4) is 0 Å². The molecule has 0 saturated heterocycles. The highest BCUT2D eigenvalue weighted by molar-refractivity contribution is 7.99. The molecule has 0 radical (unpaired) electrons. The van der Waals surface area contributed by atoms with Crippen molar-refractivity contribution in [3.8, 4) is 11.4 Å². The van der Waals surface area contributed by atoms with Gasteiger partial charge in [0.05, 0.1) is 18.6 Å². The molecular weight excluding hydrogens is 484 g/mol. The molecule has 182 valence electrons. The van der Waals surface area contributed by atoms with Gasteiger partial charge in [-0.1, -0.05) is 72.4 Å². The van der Waals surface area contributed by atoms with Gasteiger partial charge in [0.2, 0.25) is 5.91 Å². The van der Waals surface area contributed by atoms with Crippen LogP contribution in [-0.4, -0.2) is 33.3 Å². The third kappa shape index (κ3) is 4.21. The van der Waals surface area contributed by atoms with Gasteiger partial charge in [0, 0.05) is 28.0 Å². The molecule has 1 amide bonds. The Morgan fingerprint density at radius 2 is 1.73 bits per heavy atom. The predicted molar refractivity (Wildman–Crippen MR) is 149 cm³/mol. The maximum absolute atomic E-state index is 13.7. The molecule has 4 aromatic carbocycles. The van der Waals surface area contributed by atoms with Crippen LogP contribution in [0.2, 0.25) is 0 Å². The minimum Gasteiger partial charge on any atom is -0.497 e. The van der Waals surface area contributed by atoms with E-state index in [0.717, 1.165) is 27.4 Å². The maximum Gasteiger partial charge on any atom is 0.283 e. The number of para-hydroxylation sites is 1. The van der Waals surface area contributed by atoms with E-state index in [1.54, 1.807) is 13.2 Å². The van der Waals surface area contributed by atoms with Gasteiger partial charge in [-0.25, -0.2) is 4.98 Å². The highest BCUT2D eigenvalue weighted by Gasteiger charge is 2.18. The molecule has 0 aliphatic rings. The molecule has 0 aliphatic heterocycles. The Morgan fingerprint density at radius 1 is 0.973 bits per heavy atom. The second-order valence-electron chi connectivity index (χ2n) is 8.49. The Morgan fingerprint density at radius 3 is 2.59 bits per heavy atom. The number of thioether (sulfide) groups is 1. The van der Waals surface area contributed by atoms with Crippen molar-refractivity contribution in [3.05, 3.63) is 101 Å². The van der Waals surface area contributed by atoms with Gasteiger partial charge < -0.3 is 15.0 Å². The fourth-order valence-corrected chi connectivity index (χ4v) is 5.27. The van der Waals surface area contributed by atoms with Crippen LogP contribution in [0.1, 0.15) is 0 Å². The van der Waals surface area contributed by atoms with Crippen molar-refractivity contribution in [1.29, 1.82) is 0 Å². The number of H-pyrrole nitrogens is 1. The van der Waals surface area contributed by atoms with Crippen LogP contribution < -0.4 is 15.6 Å². The van der Waals surface area contributed by atoms with Crippen molar-refractivity contribution in [2.45, 2.75) is 5.16 Å². The summed E-state index contributed by atoms with van der Waals surface area (Å²) in [6, 6.07) is 28.6. The summed E-state index contributed by atoms with van der Waals surface area (Å²) in [5.41, 5.74) is 2.93. The van der Waals surface area contributed by atoms with Gasteiger partial charge in [-0.05, 0) is 29.7 Å². The first-order valence-corrected chi connectivity index (χ1v) is 12.7. The molecule has 2 N–H and O–H groups in total. The van der Waals surface area contributed by atoms with E-state index < -0.39 is 0 Å². The average Bonchev–Trinajstić information content (AvgIpc) is 3.31. The van der Waals surface area contributed by atoms with E-state index in [9.17, 15) is 9.59 Å². The van der Waals surface area contributed by atoms with Gasteiger partial charge in [-0.2, -0.15) is 0 Å². The van der Waals surface area contributed by atoms with Crippen LogP contribution in [0, 0.1) is 0 Å². The summed E-state index contributed by atoms with van der Waals surface area (Å²) in [4.78, 5) is 34.8. The average molecular weight is 507 g/mol. The first-order chi connectivity index (χ1) is 18.1. The molecule has 8 heteroatoms. The summed E-state index contributed by atoms with van der Waals surface area (Å²) in [6.07, 6.45) is 0. The second kappa shape index (κ2) is 9.48. The molecule has 7 nitrogen and oxygen atoms in total. The molecule has 0 saturated carbocycles. The summed E-state index contributed by atoms with van der Waals surface area (Å²) in [5, 5.41) is 6.30. The van der Waals surface area contributed by atoms with E-state index in [1.807, 2.05) is 84.9 Å². The standard InChI is InChI=1S/C29H22N4O3S/c1-36-20-11-7-10-19(16-20)33-28(35)27-26(22-13-4-5-14-24(22)31-27)32-29(33)37-17-25(34)30-23-15-6-9-18-8-2-3-12-21(18)23/h2-16,31H,17H2,1H3,(H,30,34). The summed E-state index contributed by atoms with van der Waals surface area (Å²) in [6.45, 7) is 0. The molecule has 0 aliphatic carbocycles. The number of aromatic nitrogens is 3. The van der Waals surface area contributed by atoms with E-state index in [-0.39, 0.29) is 17.2 Å². The van der Waals surface area contributed by atoms with E-state index in [0.29, 0.717) is 27.6 Å². The normalized spacial score (nSPS) is 11.3. The number of methoxy groups -OCH3 is 1. The zero-order chi connectivity index (χ0) is 25.4. The number of benzene rings is 4. The fourth-order valence-electron chi connectivity index (χ4n) is 4.47. The fraction of sp³-hybridized carbons (Fsp3) is 0.0690. The van der Waals surface area contributed by atoms with Crippen molar-refractivity contribution in [2.75, 3.05) is 18.2 Å². The first-order valence-electron chi connectivity index (χ1n) is 11.7. The van der Waals surface area contributed by atoms with Crippen LogP contribution in [0.5, 0.6) is 5.75 Å². The Bertz CT molecular complexity index is 1850. The smallest absolute Gasteiger partial charge is 0.283 e. The molecule has 37 heavy (non-hydrogen) atoms. The second-order valence-corrected chi connectivity index (χ2v) is 9.44. The Hall–Kier alpha value is -4.56. The monoisotopic (exact) mass is 506 g/mol. The molecule has 6 rings (SSSR count). The maximum atomic E-state index is 13.7. The Labute approximate surface area is 216 Å². The number of anilines is 1. The zero-order valence-corrected chi connectivity index (χ0v) is 20.7. The molecular formula is C29H22N4O3S. The lowest BCUT2D eigenvalue weighted by molar-refractivity contribution is -0.113. The third-order valence-electron chi connectivity index (χ3n) is 6.20. The highest BCUT2D eigenvalue weighted by atomic mass is 32.2. The summed E-state index contributed by atoms with van der Waals surface area (Å²) in [5.74, 6) is 0.505. The molecule has 0 fully saturated rings. The van der Waals surface area contributed by atoms with Crippen molar-refractivity contribution < 1.29 is 9.53 Å². The van der Waals surface area contributed by atoms with E-state index in [4.69, 9.17) is 9.72 Å². The van der Waals surface area contributed by atoms with Gasteiger partial charge in [0.1, 0.15) is 16.8 Å².